The van der Waals surface area contributed by atoms with Gasteiger partial charge in [-0.2, -0.15) is 23.4 Å². The fraction of sp³-hybridized carbons (Fsp3) is 0.417. The lowest BCUT2D eigenvalue weighted by molar-refractivity contribution is -0.141. The van der Waals surface area contributed by atoms with Crippen LogP contribution in [-0.2, 0) is 12.7 Å². The number of nitrogens with zero attached hydrogens (tertiary/aromatic N) is 3. The number of hydrogen-bond acceptors (Lipinski definition) is 3. The van der Waals surface area contributed by atoms with Gasteiger partial charge in [-0.15, -0.1) is 0 Å². The molecule has 126 valence electrons. The van der Waals surface area contributed by atoms with Gasteiger partial charge in [0, 0.05) is 18.8 Å². The molecule has 0 saturated carbocycles. The monoisotopic (exact) mass is 457 g/mol. The van der Waals surface area contributed by atoms with E-state index in [4.69, 9.17) is 0 Å². The molecule has 23 heavy (non-hydrogen) atoms. The van der Waals surface area contributed by atoms with Crippen LogP contribution in [-0.4, -0.2) is 32.4 Å². The Balaban J connectivity index is 1.85. The summed E-state index contributed by atoms with van der Waals surface area (Å²) >= 11 is 6.38. The third-order valence-corrected chi connectivity index (χ3v) is 4.86. The Labute approximate surface area is 146 Å². The first-order valence-corrected chi connectivity index (χ1v) is 8.08. The van der Waals surface area contributed by atoms with Crippen LogP contribution in [0.25, 0.3) is 0 Å². The first kappa shape index (κ1) is 18.0. The van der Waals surface area contributed by atoms with Crippen molar-refractivity contribution in [1.29, 1.82) is 0 Å². The van der Waals surface area contributed by atoms with E-state index in [-0.39, 0.29) is 24.7 Å². The van der Waals surface area contributed by atoms with E-state index in [1.54, 1.807) is 6.92 Å². The van der Waals surface area contributed by atoms with Crippen LogP contribution in [0.4, 0.5) is 13.2 Å². The van der Waals surface area contributed by atoms with E-state index in [1.807, 2.05) is 0 Å². The molecule has 0 radical (unpaired) electrons. The largest absolute Gasteiger partial charge is 0.435 e. The molecule has 2 aromatic rings. The number of rotatable bonds is 5. The molecule has 0 saturated heterocycles. The molecule has 0 fully saturated rings. The van der Waals surface area contributed by atoms with Gasteiger partial charge in [0.15, 0.2) is 11.4 Å². The van der Waals surface area contributed by atoms with Crippen molar-refractivity contribution in [2.24, 2.45) is 0 Å². The van der Waals surface area contributed by atoms with Crippen LogP contribution in [0, 0.1) is 6.92 Å². The van der Waals surface area contributed by atoms with Crippen LogP contribution in [0.15, 0.2) is 15.1 Å². The van der Waals surface area contributed by atoms with E-state index in [2.05, 4.69) is 52.5 Å². The van der Waals surface area contributed by atoms with Gasteiger partial charge < -0.3 is 5.32 Å². The van der Waals surface area contributed by atoms with E-state index in [0.717, 1.165) is 6.07 Å². The first-order chi connectivity index (χ1) is 10.7. The highest BCUT2D eigenvalue weighted by molar-refractivity contribution is 9.13. The standard InChI is InChI=1S/C12H12Br2F3N5O/c1-6-5-7(12(15,16)17)21-22(6)4-2-3-18-11(23)9-8(13)10(14)20-19-9/h5H,2-4H2,1H3,(H,18,23)(H,19,20). The van der Waals surface area contributed by atoms with Crippen molar-refractivity contribution in [3.63, 3.8) is 0 Å². The molecule has 6 nitrogen and oxygen atoms in total. The van der Waals surface area contributed by atoms with E-state index in [1.165, 1.54) is 4.68 Å². The summed E-state index contributed by atoms with van der Waals surface area (Å²) in [6.07, 6.45) is -4.02. The maximum atomic E-state index is 12.6. The van der Waals surface area contributed by atoms with Gasteiger partial charge in [0.1, 0.15) is 4.60 Å². The third-order valence-electron chi connectivity index (χ3n) is 2.99. The smallest absolute Gasteiger partial charge is 0.351 e. The van der Waals surface area contributed by atoms with Gasteiger partial charge in [-0.3, -0.25) is 14.6 Å². The quantitative estimate of drug-likeness (QED) is 0.675. The summed E-state index contributed by atoms with van der Waals surface area (Å²) in [5.74, 6) is -0.382. The molecule has 2 N–H and O–H groups in total. The third kappa shape index (κ3) is 4.34. The van der Waals surface area contributed by atoms with Crippen molar-refractivity contribution >= 4 is 37.8 Å². The Morgan fingerprint density at radius 3 is 2.65 bits per heavy atom. The summed E-state index contributed by atoms with van der Waals surface area (Å²) in [5, 5.41) is 12.6. The van der Waals surface area contributed by atoms with Crippen LogP contribution in [0.3, 0.4) is 0 Å². The number of aryl methyl sites for hydroxylation is 2. The minimum absolute atomic E-state index is 0.200. The minimum Gasteiger partial charge on any atom is -0.351 e. The fourth-order valence-corrected chi connectivity index (χ4v) is 2.48. The van der Waals surface area contributed by atoms with Gasteiger partial charge in [-0.05, 0) is 51.3 Å². The molecule has 2 heterocycles. The van der Waals surface area contributed by atoms with Crippen LogP contribution >= 0.6 is 31.9 Å². The van der Waals surface area contributed by atoms with Crippen molar-refractivity contribution in [3.05, 3.63) is 32.2 Å². The van der Waals surface area contributed by atoms with Crippen LogP contribution in [0.2, 0.25) is 0 Å². The predicted molar refractivity (Wildman–Crippen MR) is 82.9 cm³/mol. The number of carbonyl (C=O) groups excluding carboxylic acids is 1. The SMILES string of the molecule is Cc1cc(C(F)(F)F)nn1CCCNC(=O)c1n[nH]c(Br)c1Br. The molecule has 2 aromatic heterocycles. The van der Waals surface area contributed by atoms with E-state index in [0.29, 0.717) is 21.2 Å². The number of hydrogen-bond donors (Lipinski definition) is 2. The van der Waals surface area contributed by atoms with Gasteiger partial charge in [-0.1, -0.05) is 0 Å². The number of H-pyrrole nitrogens is 1. The molecule has 0 aliphatic carbocycles. The highest BCUT2D eigenvalue weighted by atomic mass is 79.9. The summed E-state index contributed by atoms with van der Waals surface area (Å²) in [4.78, 5) is 11.9. The maximum Gasteiger partial charge on any atom is 0.435 e. The molecule has 0 aliphatic rings. The average molecular weight is 459 g/mol. The first-order valence-electron chi connectivity index (χ1n) is 6.49. The van der Waals surface area contributed by atoms with Crippen LogP contribution in [0.5, 0.6) is 0 Å². The number of aromatic amines is 1. The normalized spacial score (nSPS) is 11.7. The average Bonchev–Trinajstić information content (AvgIpc) is 2.99. The highest BCUT2D eigenvalue weighted by Crippen LogP contribution is 2.28. The fourth-order valence-electron chi connectivity index (χ4n) is 1.85. The van der Waals surface area contributed by atoms with Gasteiger partial charge >= 0.3 is 6.18 Å². The number of alkyl halides is 3. The number of aromatic nitrogens is 4. The van der Waals surface area contributed by atoms with E-state index >= 15 is 0 Å². The van der Waals surface area contributed by atoms with Crippen molar-refractivity contribution in [1.82, 2.24) is 25.3 Å². The number of nitrogens with one attached hydrogen (secondary N) is 2. The van der Waals surface area contributed by atoms with Gasteiger partial charge in [0.25, 0.3) is 5.91 Å². The Morgan fingerprint density at radius 1 is 1.43 bits per heavy atom. The molecular weight excluding hydrogens is 447 g/mol. The molecular formula is C12H12Br2F3N5O. The van der Waals surface area contributed by atoms with Gasteiger partial charge in [-0.25, -0.2) is 0 Å². The second-order valence-electron chi connectivity index (χ2n) is 4.70. The van der Waals surface area contributed by atoms with Crippen molar-refractivity contribution in [2.45, 2.75) is 26.1 Å². The molecule has 0 unspecified atom stereocenters. The summed E-state index contributed by atoms with van der Waals surface area (Å²) in [6, 6.07) is 0.997. The lowest BCUT2D eigenvalue weighted by Gasteiger charge is -2.06. The van der Waals surface area contributed by atoms with Crippen LogP contribution in [0.1, 0.15) is 28.3 Å². The summed E-state index contributed by atoms with van der Waals surface area (Å²) in [5.41, 5.74) is -0.293. The molecule has 1 amide bonds. The topological polar surface area (TPSA) is 75.6 Å². The lowest BCUT2D eigenvalue weighted by Crippen LogP contribution is -2.26. The molecule has 0 atom stereocenters. The van der Waals surface area contributed by atoms with E-state index < -0.39 is 11.9 Å². The molecule has 0 aliphatic heterocycles. The summed E-state index contributed by atoms with van der Waals surface area (Å²) in [6.45, 7) is 2.11. The molecule has 0 bridgehead atoms. The Morgan fingerprint density at radius 2 is 2.13 bits per heavy atom. The Hall–Kier alpha value is -1.36. The molecule has 0 aromatic carbocycles. The minimum atomic E-state index is -4.45. The zero-order chi connectivity index (χ0) is 17.2. The maximum absolute atomic E-state index is 12.6. The van der Waals surface area contributed by atoms with E-state index in [9.17, 15) is 18.0 Å². The zero-order valence-corrected chi connectivity index (χ0v) is 15.0. The number of carbonyl (C=O) groups is 1. The zero-order valence-electron chi connectivity index (χ0n) is 11.8. The number of halogens is 5. The Bertz CT molecular complexity index is 710. The van der Waals surface area contributed by atoms with Gasteiger partial charge in [0.05, 0.1) is 4.47 Å². The second kappa shape index (κ2) is 7.04. The van der Waals surface area contributed by atoms with Crippen molar-refractivity contribution in [3.8, 4) is 0 Å². The predicted octanol–water partition coefficient (Wildman–Crippen LogP) is 3.28. The second-order valence-corrected chi connectivity index (χ2v) is 6.29. The number of amides is 1. The Kier molecular flexibility index (Phi) is 5.50. The van der Waals surface area contributed by atoms with Gasteiger partial charge in [0.2, 0.25) is 0 Å². The molecule has 0 spiro atoms. The van der Waals surface area contributed by atoms with Crippen molar-refractivity contribution in [2.75, 3.05) is 6.54 Å². The van der Waals surface area contributed by atoms with Crippen LogP contribution < -0.4 is 5.32 Å². The lowest BCUT2D eigenvalue weighted by atomic mass is 10.3. The van der Waals surface area contributed by atoms with Crippen molar-refractivity contribution < 1.29 is 18.0 Å². The highest BCUT2D eigenvalue weighted by Gasteiger charge is 2.34. The molecule has 11 heteroatoms. The summed E-state index contributed by atoms with van der Waals surface area (Å²) < 4.78 is 40.0. The molecule has 2 rings (SSSR count). The summed E-state index contributed by atoms with van der Waals surface area (Å²) in [7, 11) is 0.